The first kappa shape index (κ1) is 17.3. The second kappa shape index (κ2) is 6.78. The lowest BCUT2D eigenvalue weighted by Gasteiger charge is -2.17. The van der Waals surface area contributed by atoms with Crippen LogP contribution in [-0.4, -0.2) is 14.5 Å². The molecule has 1 aromatic rings. The first-order chi connectivity index (χ1) is 9.13. The summed E-state index contributed by atoms with van der Waals surface area (Å²) in [5.41, 5.74) is 6.55. The van der Waals surface area contributed by atoms with Gasteiger partial charge in [0.2, 0.25) is 10.0 Å². The highest BCUT2D eigenvalue weighted by molar-refractivity contribution is 7.89. The molecule has 0 bridgehead atoms. The molecular formula is C14H23ClN2O2S. The minimum atomic E-state index is -3.57. The summed E-state index contributed by atoms with van der Waals surface area (Å²) < 4.78 is 27.4. The molecule has 0 aliphatic carbocycles. The first-order valence-electron chi connectivity index (χ1n) is 6.71. The van der Waals surface area contributed by atoms with E-state index in [1.807, 2.05) is 6.92 Å². The quantitative estimate of drug-likeness (QED) is 0.790. The Kier molecular flexibility index (Phi) is 5.86. The van der Waals surface area contributed by atoms with Gasteiger partial charge >= 0.3 is 0 Å². The minimum Gasteiger partial charge on any atom is -0.397 e. The number of halogens is 1. The van der Waals surface area contributed by atoms with E-state index in [2.05, 4.69) is 18.6 Å². The van der Waals surface area contributed by atoms with E-state index in [9.17, 15) is 8.42 Å². The number of sulfonamides is 1. The average Bonchev–Trinajstić information content (AvgIpc) is 2.30. The van der Waals surface area contributed by atoms with Crippen molar-refractivity contribution in [3.63, 3.8) is 0 Å². The summed E-state index contributed by atoms with van der Waals surface area (Å²) in [7, 11) is -3.57. The number of nitrogens with two attached hydrogens (primary N) is 1. The first-order valence-corrected chi connectivity index (χ1v) is 8.57. The van der Waals surface area contributed by atoms with E-state index in [-0.39, 0.29) is 16.6 Å². The third-order valence-electron chi connectivity index (χ3n) is 3.12. The second-order valence-electron chi connectivity index (χ2n) is 5.63. The normalized spacial score (nSPS) is 13.7. The molecule has 1 aromatic carbocycles. The Balaban J connectivity index is 2.92. The molecule has 0 saturated carbocycles. The van der Waals surface area contributed by atoms with E-state index in [0.29, 0.717) is 16.5 Å². The van der Waals surface area contributed by atoms with Gasteiger partial charge in [0.25, 0.3) is 0 Å². The summed E-state index contributed by atoms with van der Waals surface area (Å²) in [6, 6.07) is 2.87. The minimum absolute atomic E-state index is 0.112. The van der Waals surface area contributed by atoms with Crippen molar-refractivity contribution in [2.45, 2.75) is 51.5 Å². The number of benzene rings is 1. The number of nitrogens with one attached hydrogen (secondary N) is 1. The van der Waals surface area contributed by atoms with Gasteiger partial charge in [-0.1, -0.05) is 25.4 Å². The van der Waals surface area contributed by atoms with Gasteiger partial charge in [-0.2, -0.15) is 0 Å². The van der Waals surface area contributed by atoms with Crippen LogP contribution in [0.1, 0.15) is 39.2 Å². The van der Waals surface area contributed by atoms with Crippen LogP contribution in [0.4, 0.5) is 5.69 Å². The van der Waals surface area contributed by atoms with Crippen molar-refractivity contribution in [3.8, 4) is 0 Å². The summed E-state index contributed by atoms with van der Waals surface area (Å²) in [4.78, 5) is 0.191. The van der Waals surface area contributed by atoms with E-state index in [1.54, 1.807) is 13.0 Å². The van der Waals surface area contributed by atoms with Crippen molar-refractivity contribution in [2.75, 3.05) is 5.73 Å². The maximum absolute atomic E-state index is 12.4. The number of rotatable bonds is 6. The Morgan fingerprint density at radius 1 is 1.25 bits per heavy atom. The van der Waals surface area contributed by atoms with Crippen LogP contribution in [0.2, 0.25) is 5.02 Å². The number of nitrogen functional groups attached to an aromatic ring is 1. The van der Waals surface area contributed by atoms with E-state index < -0.39 is 10.0 Å². The molecule has 1 atom stereocenters. The van der Waals surface area contributed by atoms with Crippen molar-refractivity contribution in [3.05, 3.63) is 22.7 Å². The molecule has 0 aromatic heterocycles. The summed E-state index contributed by atoms with van der Waals surface area (Å²) in [6.07, 6.45) is 1.78. The molecule has 0 radical (unpaired) electrons. The van der Waals surface area contributed by atoms with Crippen LogP contribution in [0.25, 0.3) is 0 Å². The molecule has 0 heterocycles. The van der Waals surface area contributed by atoms with Crippen molar-refractivity contribution < 1.29 is 8.42 Å². The lowest BCUT2D eigenvalue weighted by Crippen LogP contribution is -2.33. The molecule has 0 fully saturated rings. The molecule has 1 rings (SSSR count). The Labute approximate surface area is 126 Å². The zero-order valence-electron chi connectivity index (χ0n) is 12.4. The van der Waals surface area contributed by atoms with Gasteiger partial charge in [0.15, 0.2) is 0 Å². The fourth-order valence-corrected chi connectivity index (χ4v) is 3.69. The van der Waals surface area contributed by atoms with Gasteiger partial charge in [-0.15, -0.1) is 0 Å². The Hall–Kier alpha value is -0.780. The molecule has 0 saturated heterocycles. The third-order valence-corrected chi connectivity index (χ3v) is 5.18. The molecule has 6 heteroatoms. The Bertz CT molecular complexity index is 571. The Morgan fingerprint density at radius 3 is 2.40 bits per heavy atom. The van der Waals surface area contributed by atoms with Gasteiger partial charge in [0.05, 0.1) is 15.6 Å². The van der Waals surface area contributed by atoms with Crippen LogP contribution in [0.3, 0.4) is 0 Å². The van der Waals surface area contributed by atoms with Crippen LogP contribution in [0.15, 0.2) is 17.0 Å². The van der Waals surface area contributed by atoms with Crippen LogP contribution in [0, 0.1) is 12.8 Å². The number of aryl methyl sites for hydroxylation is 1. The molecule has 0 amide bonds. The largest absolute Gasteiger partial charge is 0.397 e. The second-order valence-corrected chi connectivity index (χ2v) is 7.72. The van der Waals surface area contributed by atoms with Gasteiger partial charge in [-0.25, -0.2) is 13.1 Å². The summed E-state index contributed by atoms with van der Waals surface area (Å²) in [5.74, 6) is 0.551. The van der Waals surface area contributed by atoms with Gasteiger partial charge in [0, 0.05) is 6.04 Å². The molecule has 3 N–H and O–H groups in total. The third kappa shape index (κ3) is 4.65. The zero-order chi connectivity index (χ0) is 15.5. The van der Waals surface area contributed by atoms with E-state index in [1.165, 1.54) is 6.07 Å². The maximum atomic E-state index is 12.4. The molecular weight excluding hydrogens is 296 g/mol. The standard InChI is InChI=1S/C14H23ClN2O2S/c1-9(2)5-6-11(4)17-20(18,19)14-8-13(16)12(15)7-10(14)3/h7-9,11,17H,5-6,16H2,1-4H3. The maximum Gasteiger partial charge on any atom is 0.241 e. The predicted octanol–water partition coefficient (Wildman–Crippen LogP) is 3.33. The summed E-state index contributed by atoms with van der Waals surface area (Å²) in [6.45, 7) is 7.81. The lowest BCUT2D eigenvalue weighted by molar-refractivity contribution is 0.485. The molecule has 0 spiro atoms. The van der Waals surface area contributed by atoms with Crippen LogP contribution >= 0.6 is 11.6 Å². The topological polar surface area (TPSA) is 72.2 Å². The van der Waals surface area contributed by atoms with Crippen molar-refractivity contribution in [2.24, 2.45) is 5.92 Å². The molecule has 0 aliphatic heterocycles. The van der Waals surface area contributed by atoms with Gasteiger partial charge in [0.1, 0.15) is 0 Å². The molecule has 1 unspecified atom stereocenters. The smallest absolute Gasteiger partial charge is 0.241 e. The van der Waals surface area contributed by atoms with Crippen LogP contribution < -0.4 is 10.5 Å². The fraction of sp³-hybridized carbons (Fsp3) is 0.571. The number of hydrogen-bond donors (Lipinski definition) is 2. The number of anilines is 1. The van der Waals surface area contributed by atoms with Crippen molar-refractivity contribution in [1.29, 1.82) is 0 Å². The van der Waals surface area contributed by atoms with Crippen LogP contribution in [-0.2, 0) is 10.0 Å². The monoisotopic (exact) mass is 318 g/mol. The average molecular weight is 319 g/mol. The Morgan fingerprint density at radius 2 is 1.85 bits per heavy atom. The highest BCUT2D eigenvalue weighted by Gasteiger charge is 2.20. The fourth-order valence-electron chi connectivity index (χ4n) is 1.93. The highest BCUT2D eigenvalue weighted by Crippen LogP contribution is 2.26. The van der Waals surface area contributed by atoms with Crippen molar-refractivity contribution >= 4 is 27.3 Å². The summed E-state index contributed by atoms with van der Waals surface area (Å²) in [5, 5.41) is 0.370. The lowest BCUT2D eigenvalue weighted by atomic mass is 10.1. The van der Waals surface area contributed by atoms with Gasteiger partial charge < -0.3 is 5.73 Å². The van der Waals surface area contributed by atoms with Crippen LogP contribution in [0.5, 0.6) is 0 Å². The van der Waals surface area contributed by atoms with E-state index in [0.717, 1.165) is 12.8 Å². The number of hydrogen-bond acceptors (Lipinski definition) is 3. The molecule has 114 valence electrons. The van der Waals surface area contributed by atoms with Gasteiger partial charge in [-0.3, -0.25) is 0 Å². The SMILES string of the molecule is Cc1cc(Cl)c(N)cc1S(=O)(=O)NC(C)CCC(C)C. The zero-order valence-corrected chi connectivity index (χ0v) is 14.0. The van der Waals surface area contributed by atoms with E-state index in [4.69, 9.17) is 17.3 Å². The highest BCUT2D eigenvalue weighted by atomic mass is 35.5. The van der Waals surface area contributed by atoms with Crippen molar-refractivity contribution in [1.82, 2.24) is 4.72 Å². The van der Waals surface area contributed by atoms with E-state index >= 15 is 0 Å². The molecule has 0 aliphatic rings. The molecule has 4 nitrogen and oxygen atoms in total. The molecule has 20 heavy (non-hydrogen) atoms. The summed E-state index contributed by atoms with van der Waals surface area (Å²) >= 11 is 5.89. The van der Waals surface area contributed by atoms with Gasteiger partial charge in [-0.05, 0) is 50.3 Å². The predicted molar refractivity (Wildman–Crippen MR) is 84.5 cm³/mol.